The van der Waals surface area contributed by atoms with Crippen molar-refractivity contribution in [3.63, 3.8) is 0 Å². The number of carbonyl (C=O) groups excluding carboxylic acids is 3. The molecule has 2 saturated heterocycles. The van der Waals surface area contributed by atoms with Gasteiger partial charge in [0.05, 0.1) is 29.8 Å². The fourth-order valence-corrected chi connectivity index (χ4v) is 7.59. The van der Waals surface area contributed by atoms with Gasteiger partial charge in [-0.1, -0.05) is 37.6 Å². The van der Waals surface area contributed by atoms with Gasteiger partial charge in [0.1, 0.15) is 6.04 Å². The van der Waals surface area contributed by atoms with Crippen LogP contribution in [0.25, 0.3) is 0 Å². The number of aliphatic hydroxyl groups is 1. The maximum Gasteiger partial charge on any atom is 0.311 e. The molecule has 0 aromatic carbocycles. The van der Waals surface area contributed by atoms with Crippen LogP contribution in [0.5, 0.6) is 0 Å². The van der Waals surface area contributed by atoms with Gasteiger partial charge >= 0.3 is 5.97 Å². The van der Waals surface area contributed by atoms with Crippen molar-refractivity contribution in [3.8, 4) is 0 Å². The number of thioether (sulfide) groups is 1. The second kappa shape index (κ2) is 8.98. The standard InChI is InChI=1S/C23H32N2O5S/c1-3-8-15(2)24-11-7-10-23-18(20(27)25(12-13-26)19(23)21(24)28)17-16(31-23)9-5-4-6-14-30-22(17)29/h5,7,9-10,15-19,26H,3-4,6,8,11-14H2,1-2H3/b9-5-/t15?,16-,17+,18-,19?,23-/m0/s1. The van der Waals surface area contributed by atoms with Crippen molar-refractivity contribution in [1.29, 1.82) is 0 Å². The molecule has 1 spiro atoms. The molecule has 0 saturated carbocycles. The number of nitrogens with zero attached hydrogens (tertiary/aromatic N) is 2. The third-order valence-corrected chi connectivity index (χ3v) is 8.71. The smallest absolute Gasteiger partial charge is 0.311 e. The molecule has 4 aliphatic heterocycles. The molecular weight excluding hydrogens is 416 g/mol. The highest BCUT2D eigenvalue weighted by molar-refractivity contribution is 8.02. The molecule has 7 nitrogen and oxygen atoms in total. The lowest BCUT2D eigenvalue weighted by atomic mass is 9.78. The van der Waals surface area contributed by atoms with Crippen LogP contribution in [0, 0.1) is 11.8 Å². The number of ether oxygens (including phenoxy) is 1. The van der Waals surface area contributed by atoms with E-state index in [0.717, 1.165) is 25.7 Å². The Morgan fingerprint density at radius 2 is 2.10 bits per heavy atom. The molecule has 170 valence electrons. The summed E-state index contributed by atoms with van der Waals surface area (Å²) in [5, 5.41) is 9.46. The number of esters is 1. The summed E-state index contributed by atoms with van der Waals surface area (Å²) in [5.74, 6) is -1.98. The summed E-state index contributed by atoms with van der Waals surface area (Å²) in [5.41, 5.74) is 0. The Balaban J connectivity index is 1.79. The molecule has 4 heterocycles. The summed E-state index contributed by atoms with van der Waals surface area (Å²) < 4.78 is 4.69. The van der Waals surface area contributed by atoms with Gasteiger partial charge in [-0.2, -0.15) is 0 Å². The summed E-state index contributed by atoms with van der Waals surface area (Å²) in [6.07, 6.45) is 11.5. The zero-order valence-corrected chi connectivity index (χ0v) is 19.1. The van der Waals surface area contributed by atoms with Gasteiger partial charge in [-0.3, -0.25) is 14.4 Å². The van der Waals surface area contributed by atoms with Crippen molar-refractivity contribution in [1.82, 2.24) is 9.80 Å². The van der Waals surface area contributed by atoms with E-state index < -0.39 is 22.6 Å². The summed E-state index contributed by atoms with van der Waals surface area (Å²) in [4.78, 5) is 43.9. The number of rotatable bonds is 5. The van der Waals surface area contributed by atoms with Crippen LogP contribution >= 0.6 is 11.8 Å². The minimum Gasteiger partial charge on any atom is -0.465 e. The van der Waals surface area contributed by atoms with E-state index in [1.54, 1.807) is 11.8 Å². The van der Waals surface area contributed by atoms with E-state index in [-0.39, 0.29) is 42.2 Å². The minimum absolute atomic E-state index is 0.0517. The fourth-order valence-electron chi connectivity index (χ4n) is 5.59. The van der Waals surface area contributed by atoms with Crippen LogP contribution in [-0.4, -0.2) is 81.1 Å². The third-order valence-electron chi connectivity index (χ3n) is 6.96. The third kappa shape index (κ3) is 3.61. The van der Waals surface area contributed by atoms with Crippen LogP contribution < -0.4 is 0 Å². The van der Waals surface area contributed by atoms with Crippen molar-refractivity contribution in [2.45, 2.75) is 61.6 Å². The van der Waals surface area contributed by atoms with Crippen molar-refractivity contribution >= 4 is 29.5 Å². The van der Waals surface area contributed by atoms with E-state index in [1.165, 1.54) is 4.90 Å². The second-order valence-corrected chi connectivity index (χ2v) is 10.4. The average Bonchev–Trinajstić information content (AvgIpc) is 3.13. The fraction of sp³-hybridized carbons (Fsp3) is 0.696. The first-order valence-corrected chi connectivity index (χ1v) is 12.2. The molecule has 8 heteroatoms. The highest BCUT2D eigenvalue weighted by Gasteiger charge is 2.70. The average molecular weight is 449 g/mol. The number of amides is 2. The molecule has 1 N–H and O–H groups in total. The zero-order valence-electron chi connectivity index (χ0n) is 18.2. The lowest BCUT2D eigenvalue weighted by Gasteiger charge is -2.37. The Bertz CT molecular complexity index is 799. The predicted octanol–water partition coefficient (Wildman–Crippen LogP) is 1.76. The van der Waals surface area contributed by atoms with E-state index in [2.05, 4.69) is 13.0 Å². The molecule has 4 aliphatic rings. The lowest BCUT2D eigenvalue weighted by molar-refractivity contribution is -0.153. The SMILES string of the molecule is CCCC(C)N1CC=C[C@]23S[C@H]4/C=C\CCCOC(=O)[C@H]4[C@H]2C(=O)N(CCO)C3C1=O. The maximum absolute atomic E-state index is 13.9. The van der Waals surface area contributed by atoms with E-state index in [0.29, 0.717) is 13.2 Å². The van der Waals surface area contributed by atoms with Gasteiger partial charge in [-0.05, 0) is 26.2 Å². The predicted molar refractivity (Wildman–Crippen MR) is 118 cm³/mol. The monoisotopic (exact) mass is 448 g/mol. The molecule has 0 aromatic heterocycles. The van der Waals surface area contributed by atoms with Gasteiger partial charge in [0, 0.05) is 24.4 Å². The quantitative estimate of drug-likeness (QED) is 0.509. The lowest BCUT2D eigenvalue weighted by Crippen LogP contribution is -2.55. The Kier molecular flexibility index (Phi) is 6.49. The van der Waals surface area contributed by atoms with Crippen molar-refractivity contribution in [3.05, 3.63) is 24.3 Å². The Morgan fingerprint density at radius 3 is 2.84 bits per heavy atom. The minimum atomic E-state index is -0.831. The Morgan fingerprint density at radius 1 is 1.29 bits per heavy atom. The maximum atomic E-state index is 13.9. The first-order chi connectivity index (χ1) is 15.0. The summed E-state index contributed by atoms with van der Waals surface area (Å²) in [6.45, 7) is 4.81. The van der Waals surface area contributed by atoms with Gasteiger partial charge in [-0.25, -0.2) is 0 Å². The van der Waals surface area contributed by atoms with Crippen LogP contribution in [0.4, 0.5) is 0 Å². The molecule has 6 atom stereocenters. The Labute approximate surface area is 187 Å². The van der Waals surface area contributed by atoms with Crippen LogP contribution in [0.15, 0.2) is 24.3 Å². The summed E-state index contributed by atoms with van der Waals surface area (Å²) >= 11 is 1.54. The first-order valence-electron chi connectivity index (χ1n) is 11.4. The number of cyclic esters (lactones) is 1. The molecule has 0 aromatic rings. The van der Waals surface area contributed by atoms with Gasteiger partial charge in [-0.15, -0.1) is 11.8 Å². The van der Waals surface area contributed by atoms with Gasteiger partial charge in [0.15, 0.2) is 0 Å². The molecule has 0 bridgehead atoms. The van der Waals surface area contributed by atoms with Gasteiger partial charge < -0.3 is 19.6 Å². The number of β-amino-alcohol motifs (C(OH)–C–C–N with tert-alkyl or cyclic N) is 1. The molecule has 2 unspecified atom stereocenters. The number of hydrogen-bond donors (Lipinski definition) is 1. The van der Waals surface area contributed by atoms with E-state index in [9.17, 15) is 19.5 Å². The number of fused-ring (bicyclic) bond motifs is 2. The molecular formula is C23H32N2O5S. The van der Waals surface area contributed by atoms with Crippen LogP contribution in [0.3, 0.4) is 0 Å². The van der Waals surface area contributed by atoms with Crippen molar-refractivity contribution in [2.24, 2.45) is 11.8 Å². The highest BCUT2D eigenvalue weighted by atomic mass is 32.2. The van der Waals surface area contributed by atoms with Gasteiger partial charge in [0.2, 0.25) is 11.8 Å². The summed E-state index contributed by atoms with van der Waals surface area (Å²) in [6, 6.07) is -0.673. The molecule has 2 fully saturated rings. The van der Waals surface area contributed by atoms with Crippen LogP contribution in [0.1, 0.15) is 39.5 Å². The van der Waals surface area contributed by atoms with Crippen LogP contribution in [-0.2, 0) is 19.1 Å². The number of aliphatic hydroxyl groups excluding tert-OH is 1. The van der Waals surface area contributed by atoms with Crippen molar-refractivity contribution in [2.75, 3.05) is 26.3 Å². The second-order valence-electron chi connectivity index (χ2n) is 8.87. The van der Waals surface area contributed by atoms with E-state index in [1.807, 2.05) is 30.1 Å². The molecule has 0 radical (unpaired) electrons. The number of likely N-dealkylation sites (tertiary alicyclic amines) is 1. The topological polar surface area (TPSA) is 87.2 Å². The molecule has 0 aliphatic carbocycles. The Hall–Kier alpha value is -1.80. The molecule has 2 amide bonds. The van der Waals surface area contributed by atoms with Gasteiger partial charge in [0.25, 0.3) is 0 Å². The normalized spacial score (nSPS) is 37.2. The number of carbonyl (C=O) groups is 3. The van der Waals surface area contributed by atoms with E-state index in [4.69, 9.17) is 4.74 Å². The summed E-state index contributed by atoms with van der Waals surface area (Å²) in [7, 11) is 0. The van der Waals surface area contributed by atoms with E-state index >= 15 is 0 Å². The van der Waals surface area contributed by atoms with Crippen molar-refractivity contribution < 1.29 is 24.2 Å². The highest BCUT2D eigenvalue weighted by Crippen LogP contribution is 2.60. The first kappa shape index (κ1) is 22.4. The largest absolute Gasteiger partial charge is 0.465 e. The molecule has 31 heavy (non-hydrogen) atoms. The number of allylic oxidation sites excluding steroid dienone is 1. The zero-order chi connectivity index (χ0) is 22.2. The molecule has 4 rings (SSSR count). The number of hydrogen-bond acceptors (Lipinski definition) is 6. The van der Waals surface area contributed by atoms with Crippen LogP contribution in [0.2, 0.25) is 0 Å².